The lowest BCUT2D eigenvalue weighted by Gasteiger charge is -2.21. The van der Waals surface area contributed by atoms with Gasteiger partial charge in [-0.15, -0.1) is 0 Å². The van der Waals surface area contributed by atoms with Gasteiger partial charge in [-0.05, 0) is 69.2 Å². The van der Waals surface area contributed by atoms with Gasteiger partial charge in [-0.25, -0.2) is 4.98 Å². The Labute approximate surface area is 209 Å². The lowest BCUT2D eigenvalue weighted by molar-refractivity contribution is 0.0985. The number of carbonyl (C=O) groups excluding carboxylic acids is 1. The number of thiazole rings is 1. The predicted octanol–water partition coefficient (Wildman–Crippen LogP) is 6.60. The van der Waals surface area contributed by atoms with Gasteiger partial charge in [0, 0.05) is 22.8 Å². The van der Waals surface area contributed by atoms with E-state index in [1.54, 1.807) is 4.90 Å². The van der Waals surface area contributed by atoms with Crippen LogP contribution in [0.3, 0.4) is 0 Å². The Hall–Kier alpha value is -2.90. The Morgan fingerprint density at radius 1 is 1.18 bits per heavy atom. The molecular weight excluding hydrogens is 468 g/mol. The molecule has 0 saturated heterocycles. The third-order valence-corrected chi connectivity index (χ3v) is 7.15. The zero-order valence-corrected chi connectivity index (χ0v) is 21.5. The molecule has 8 heteroatoms. The Bertz CT molecular complexity index is 1310. The number of carbonyl (C=O) groups is 1. The van der Waals surface area contributed by atoms with E-state index in [1.165, 1.54) is 11.3 Å². The van der Waals surface area contributed by atoms with Gasteiger partial charge in [0.2, 0.25) is 0 Å². The van der Waals surface area contributed by atoms with Crippen LogP contribution in [0.4, 0.5) is 5.13 Å². The molecule has 0 aliphatic rings. The molecule has 4 aromatic rings. The molecule has 0 unspecified atom stereocenters. The van der Waals surface area contributed by atoms with Crippen LogP contribution in [0.15, 0.2) is 42.5 Å². The maximum Gasteiger partial charge on any atom is 0.260 e. The maximum atomic E-state index is 13.7. The second kappa shape index (κ2) is 10.6. The van der Waals surface area contributed by atoms with Gasteiger partial charge < -0.3 is 4.74 Å². The molecule has 0 aliphatic carbocycles. The second-order valence-electron chi connectivity index (χ2n) is 8.35. The third kappa shape index (κ3) is 5.26. The number of hydrogen-bond acceptors (Lipinski definition) is 5. The smallest absolute Gasteiger partial charge is 0.260 e. The van der Waals surface area contributed by atoms with Gasteiger partial charge in [-0.3, -0.25) is 14.4 Å². The highest BCUT2D eigenvalue weighted by Gasteiger charge is 2.23. The average Bonchev–Trinajstić information content (AvgIpc) is 3.39. The first kappa shape index (κ1) is 24.2. The van der Waals surface area contributed by atoms with E-state index in [0.29, 0.717) is 41.2 Å². The van der Waals surface area contributed by atoms with Crippen LogP contribution >= 0.6 is 22.9 Å². The minimum absolute atomic E-state index is 0.120. The van der Waals surface area contributed by atoms with E-state index in [4.69, 9.17) is 21.3 Å². The second-order valence-corrected chi connectivity index (χ2v) is 9.77. The summed E-state index contributed by atoms with van der Waals surface area (Å²) in [5.74, 6) is 0.579. The molecule has 0 atom stereocenters. The molecule has 0 spiro atoms. The molecule has 1 amide bonds. The minimum Gasteiger partial charge on any atom is -0.494 e. The van der Waals surface area contributed by atoms with E-state index in [0.717, 1.165) is 40.0 Å². The van der Waals surface area contributed by atoms with Crippen LogP contribution in [-0.4, -0.2) is 33.8 Å². The van der Waals surface area contributed by atoms with E-state index < -0.39 is 0 Å². The van der Waals surface area contributed by atoms with Gasteiger partial charge in [-0.1, -0.05) is 42.3 Å². The highest BCUT2D eigenvalue weighted by Crippen LogP contribution is 2.34. The van der Waals surface area contributed by atoms with Crippen molar-refractivity contribution in [3.05, 3.63) is 70.0 Å². The quantitative estimate of drug-likeness (QED) is 0.245. The summed E-state index contributed by atoms with van der Waals surface area (Å²) in [7, 11) is 0. The van der Waals surface area contributed by atoms with Crippen molar-refractivity contribution in [1.29, 1.82) is 0 Å². The van der Waals surface area contributed by atoms with Crippen molar-refractivity contribution in [2.45, 2.75) is 47.1 Å². The van der Waals surface area contributed by atoms with Crippen LogP contribution < -0.4 is 9.64 Å². The number of nitrogens with zero attached hydrogens (tertiary/aromatic N) is 4. The fourth-order valence-electron chi connectivity index (χ4n) is 3.79. The molecule has 0 fully saturated rings. The lowest BCUT2D eigenvalue weighted by Crippen LogP contribution is -2.34. The molecule has 4 rings (SSSR count). The Morgan fingerprint density at radius 2 is 2.00 bits per heavy atom. The third-order valence-electron chi connectivity index (χ3n) is 5.70. The summed E-state index contributed by atoms with van der Waals surface area (Å²) in [6.07, 6.45) is 2.03. The maximum absolute atomic E-state index is 13.7. The highest BCUT2D eigenvalue weighted by atomic mass is 35.5. The summed E-state index contributed by atoms with van der Waals surface area (Å²) < 4.78 is 8.76. The largest absolute Gasteiger partial charge is 0.494 e. The number of anilines is 1. The van der Waals surface area contributed by atoms with Crippen LogP contribution in [0, 0.1) is 20.8 Å². The van der Waals surface area contributed by atoms with E-state index in [-0.39, 0.29) is 5.91 Å². The van der Waals surface area contributed by atoms with Crippen molar-refractivity contribution in [3.63, 3.8) is 0 Å². The van der Waals surface area contributed by atoms with Crippen LogP contribution in [0.2, 0.25) is 5.02 Å². The number of unbranched alkanes of at least 4 members (excludes halogenated alkanes) is 1. The zero-order chi connectivity index (χ0) is 24.2. The minimum atomic E-state index is -0.120. The molecule has 0 N–H and O–H groups in total. The molecule has 2 heterocycles. The van der Waals surface area contributed by atoms with Gasteiger partial charge in [0.05, 0.1) is 29.1 Å². The number of benzene rings is 2. The fraction of sp³-hybridized carbons (Fsp3) is 0.346. The average molecular weight is 497 g/mol. The number of aryl methyl sites for hydroxylation is 3. The summed E-state index contributed by atoms with van der Waals surface area (Å²) >= 11 is 7.82. The van der Waals surface area contributed by atoms with Crippen molar-refractivity contribution in [2.24, 2.45) is 0 Å². The molecular formula is C26H29ClN4O2S. The topological polar surface area (TPSA) is 60.2 Å². The molecule has 6 nitrogen and oxygen atoms in total. The monoisotopic (exact) mass is 496 g/mol. The van der Waals surface area contributed by atoms with Crippen molar-refractivity contribution in [3.8, 4) is 5.75 Å². The van der Waals surface area contributed by atoms with E-state index >= 15 is 0 Å². The van der Waals surface area contributed by atoms with E-state index in [1.807, 2.05) is 67.9 Å². The highest BCUT2D eigenvalue weighted by molar-refractivity contribution is 7.22. The van der Waals surface area contributed by atoms with Gasteiger partial charge in [0.25, 0.3) is 5.91 Å². The van der Waals surface area contributed by atoms with Crippen molar-refractivity contribution >= 4 is 44.2 Å². The van der Waals surface area contributed by atoms with Crippen molar-refractivity contribution < 1.29 is 9.53 Å². The number of hydrogen-bond donors (Lipinski definition) is 0. The number of ether oxygens (including phenoxy) is 1. The normalized spacial score (nSPS) is 11.2. The van der Waals surface area contributed by atoms with Gasteiger partial charge in [0.15, 0.2) is 5.13 Å². The lowest BCUT2D eigenvalue weighted by atomic mass is 10.2. The first-order valence-corrected chi connectivity index (χ1v) is 12.7. The van der Waals surface area contributed by atoms with Gasteiger partial charge in [-0.2, -0.15) is 5.10 Å². The van der Waals surface area contributed by atoms with Crippen LogP contribution in [0.1, 0.15) is 47.1 Å². The number of rotatable bonds is 9. The molecule has 178 valence electrons. The standard InChI is InChI=1S/C26H29ClN4O2S/c1-5-6-14-33-21-9-7-8-20(16-21)25(32)30(12-13-31-18(3)15-17(2)29-31)26-28-24-19(4)22(27)10-11-23(24)34-26/h7-11,15-16H,5-6,12-14H2,1-4H3. The van der Waals surface area contributed by atoms with Gasteiger partial charge >= 0.3 is 0 Å². The molecule has 2 aromatic heterocycles. The predicted molar refractivity (Wildman–Crippen MR) is 140 cm³/mol. The summed E-state index contributed by atoms with van der Waals surface area (Å²) in [4.78, 5) is 20.3. The summed E-state index contributed by atoms with van der Waals surface area (Å²) in [5.41, 5.74) is 4.32. The summed E-state index contributed by atoms with van der Waals surface area (Å²) in [5, 5.41) is 5.87. The Balaban J connectivity index is 1.67. The van der Waals surface area contributed by atoms with Crippen LogP contribution in [0.25, 0.3) is 10.2 Å². The fourth-order valence-corrected chi connectivity index (χ4v) is 5.00. The van der Waals surface area contributed by atoms with E-state index in [2.05, 4.69) is 12.0 Å². The van der Waals surface area contributed by atoms with Crippen molar-refractivity contribution in [1.82, 2.24) is 14.8 Å². The van der Waals surface area contributed by atoms with Crippen molar-refractivity contribution in [2.75, 3.05) is 18.1 Å². The number of amides is 1. The number of halogens is 1. The first-order chi connectivity index (χ1) is 16.4. The van der Waals surface area contributed by atoms with Crippen LogP contribution in [0.5, 0.6) is 5.75 Å². The summed E-state index contributed by atoms with van der Waals surface area (Å²) in [6.45, 7) is 9.70. The molecule has 0 aliphatic heterocycles. The summed E-state index contributed by atoms with van der Waals surface area (Å²) in [6, 6.07) is 13.2. The Kier molecular flexibility index (Phi) is 7.54. The molecule has 0 saturated carbocycles. The Morgan fingerprint density at radius 3 is 2.74 bits per heavy atom. The van der Waals surface area contributed by atoms with Gasteiger partial charge in [0.1, 0.15) is 5.75 Å². The molecule has 34 heavy (non-hydrogen) atoms. The molecule has 0 bridgehead atoms. The number of aromatic nitrogens is 3. The molecule has 2 aromatic carbocycles. The zero-order valence-electron chi connectivity index (χ0n) is 20.0. The van der Waals surface area contributed by atoms with Crippen LogP contribution in [-0.2, 0) is 6.54 Å². The molecule has 0 radical (unpaired) electrons. The first-order valence-electron chi connectivity index (χ1n) is 11.5. The SMILES string of the molecule is CCCCOc1cccc(C(=O)N(CCn2nc(C)cc2C)c2nc3c(C)c(Cl)ccc3s2)c1. The van der Waals surface area contributed by atoms with E-state index in [9.17, 15) is 4.79 Å². The number of fused-ring (bicyclic) bond motifs is 1.